The zero-order chi connectivity index (χ0) is 17.9. The summed E-state index contributed by atoms with van der Waals surface area (Å²) in [6.45, 7) is 3.84. The van der Waals surface area contributed by atoms with Gasteiger partial charge in [-0.2, -0.15) is 4.98 Å². The Balaban J connectivity index is 2.27. The molecule has 2 aromatic rings. The van der Waals surface area contributed by atoms with E-state index in [9.17, 15) is 20.0 Å². The van der Waals surface area contributed by atoms with Gasteiger partial charge in [0.2, 0.25) is 0 Å². The zero-order valence-corrected chi connectivity index (χ0v) is 14.4. The number of halogens is 1. The van der Waals surface area contributed by atoms with Gasteiger partial charge < -0.3 is 14.8 Å². The van der Waals surface area contributed by atoms with Crippen LogP contribution in [0.3, 0.4) is 0 Å². The number of hydrogen-bond donors (Lipinski definition) is 2. The third kappa shape index (κ3) is 4.19. The Hall–Kier alpha value is -2.68. The molecule has 0 saturated heterocycles. The highest BCUT2D eigenvalue weighted by atomic mass is 79.9. The smallest absolute Gasteiger partial charge is 0.395 e. The van der Waals surface area contributed by atoms with Crippen molar-refractivity contribution < 1.29 is 14.8 Å². The monoisotopic (exact) mass is 395 g/mol. The Morgan fingerprint density at radius 1 is 1.42 bits per heavy atom. The molecule has 9 heteroatoms. The number of aromatic amines is 1. The van der Waals surface area contributed by atoms with Gasteiger partial charge in [0.15, 0.2) is 0 Å². The molecular weight excluding hydrogens is 382 g/mol. The van der Waals surface area contributed by atoms with E-state index in [1.165, 1.54) is 6.08 Å². The predicted molar refractivity (Wildman–Crippen MR) is 92.0 cm³/mol. The van der Waals surface area contributed by atoms with E-state index in [0.29, 0.717) is 5.75 Å². The van der Waals surface area contributed by atoms with Gasteiger partial charge in [-0.3, -0.25) is 14.9 Å². The molecule has 2 rings (SSSR count). The first-order valence-corrected chi connectivity index (χ1v) is 7.69. The van der Waals surface area contributed by atoms with Crippen molar-refractivity contribution in [2.75, 3.05) is 0 Å². The van der Waals surface area contributed by atoms with E-state index >= 15 is 0 Å². The number of nitrogens with one attached hydrogen (secondary N) is 1. The first-order chi connectivity index (χ1) is 11.3. The van der Waals surface area contributed by atoms with Gasteiger partial charge in [0.1, 0.15) is 11.6 Å². The van der Waals surface area contributed by atoms with Crippen LogP contribution in [0.4, 0.5) is 5.69 Å². The minimum absolute atomic E-state index is 0.00160. The van der Waals surface area contributed by atoms with E-state index in [4.69, 9.17) is 4.74 Å². The molecule has 2 N–H and O–H groups in total. The molecule has 0 aliphatic carbocycles. The van der Waals surface area contributed by atoms with Gasteiger partial charge in [0, 0.05) is 0 Å². The number of nitrogens with zero attached hydrogens (tertiary/aromatic N) is 2. The van der Waals surface area contributed by atoms with Crippen molar-refractivity contribution in [3.8, 4) is 11.6 Å². The van der Waals surface area contributed by atoms with E-state index in [-0.39, 0.29) is 11.9 Å². The summed E-state index contributed by atoms with van der Waals surface area (Å²) in [6.07, 6.45) is 3.10. The lowest BCUT2D eigenvalue weighted by Gasteiger charge is -2.11. The Bertz CT molecular complexity index is 861. The first-order valence-electron chi connectivity index (χ1n) is 6.90. The Morgan fingerprint density at radius 3 is 2.67 bits per heavy atom. The van der Waals surface area contributed by atoms with Gasteiger partial charge in [0.05, 0.1) is 15.5 Å². The van der Waals surface area contributed by atoms with Crippen LogP contribution in [0.15, 0.2) is 27.5 Å². The van der Waals surface area contributed by atoms with Crippen LogP contribution in [-0.4, -0.2) is 26.1 Å². The van der Waals surface area contributed by atoms with Crippen LogP contribution in [0.5, 0.6) is 11.6 Å². The molecule has 1 heterocycles. The largest absolute Gasteiger partial charge is 0.490 e. The minimum atomic E-state index is -1.02. The molecule has 8 nitrogen and oxygen atoms in total. The van der Waals surface area contributed by atoms with Gasteiger partial charge in [-0.15, -0.1) is 0 Å². The van der Waals surface area contributed by atoms with Gasteiger partial charge in [0.25, 0.3) is 5.88 Å². The van der Waals surface area contributed by atoms with E-state index in [2.05, 4.69) is 25.9 Å². The lowest BCUT2D eigenvalue weighted by atomic mass is 10.2. The Morgan fingerprint density at radius 2 is 2.12 bits per heavy atom. The van der Waals surface area contributed by atoms with Crippen molar-refractivity contribution in [2.24, 2.45) is 0 Å². The summed E-state index contributed by atoms with van der Waals surface area (Å²) in [5.74, 6) is -0.228. The maximum absolute atomic E-state index is 11.6. The van der Waals surface area contributed by atoms with Crippen LogP contribution in [0.25, 0.3) is 12.2 Å². The van der Waals surface area contributed by atoms with Crippen LogP contribution in [0.1, 0.15) is 25.2 Å². The molecule has 0 spiro atoms. The normalized spacial score (nSPS) is 11.2. The van der Waals surface area contributed by atoms with Gasteiger partial charge in [-0.25, -0.2) is 0 Å². The lowest BCUT2D eigenvalue weighted by molar-refractivity contribution is -0.387. The van der Waals surface area contributed by atoms with Crippen LogP contribution in [0, 0.1) is 10.1 Å². The Kier molecular flexibility index (Phi) is 5.35. The molecule has 0 fully saturated rings. The maximum atomic E-state index is 11.6. The van der Waals surface area contributed by atoms with Crippen LogP contribution < -0.4 is 10.3 Å². The highest BCUT2D eigenvalue weighted by Gasteiger charge is 2.21. The average Bonchev–Trinajstić information content (AvgIpc) is 2.46. The fraction of sp³-hybridized carbons (Fsp3) is 0.200. The molecule has 0 amide bonds. The lowest BCUT2D eigenvalue weighted by Crippen LogP contribution is -2.14. The summed E-state index contributed by atoms with van der Waals surface area (Å²) in [6, 6.07) is 5.38. The molecule has 126 valence electrons. The summed E-state index contributed by atoms with van der Waals surface area (Å²) in [5.41, 5.74) is -1.22. The fourth-order valence-electron chi connectivity index (χ4n) is 1.86. The molecule has 0 saturated carbocycles. The number of rotatable bonds is 5. The summed E-state index contributed by atoms with van der Waals surface area (Å²) in [7, 11) is 0. The summed E-state index contributed by atoms with van der Waals surface area (Å²) in [4.78, 5) is 27.0. The number of hydrogen-bond acceptors (Lipinski definition) is 6. The molecule has 0 aliphatic heterocycles. The van der Waals surface area contributed by atoms with Crippen molar-refractivity contribution in [3.05, 3.63) is 54.5 Å². The van der Waals surface area contributed by atoms with Crippen LogP contribution in [0.2, 0.25) is 0 Å². The molecule has 24 heavy (non-hydrogen) atoms. The van der Waals surface area contributed by atoms with Crippen molar-refractivity contribution in [1.29, 1.82) is 0 Å². The third-order valence-corrected chi connectivity index (χ3v) is 3.45. The zero-order valence-electron chi connectivity index (χ0n) is 12.8. The quantitative estimate of drug-likeness (QED) is 0.592. The number of aromatic nitrogens is 2. The number of nitro groups is 1. The second-order valence-corrected chi connectivity index (χ2v) is 5.92. The standard InChI is InChI=1S/C15H14BrN3O5/c1-8(2)24-11-5-3-9(7-10(11)16)4-6-12-17-14(20)13(19(22)23)15(21)18-12/h3-8H,1-2H3,(H2,17,18,20,21)/b6-4+. The third-order valence-electron chi connectivity index (χ3n) is 2.83. The molecule has 1 aromatic carbocycles. The topological polar surface area (TPSA) is 118 Å². The number of aromatic hydroxyl groups is 1. The van der Waals surface area contributed by atoms with E-state index < -0.39 is 22.0 Å². The molecule has 1 aromatic heterocycles. The molecular formula is C15H14BrN3O5. The highest BCUT2D eigenvalue weighted by molar-refractivity contribution is 9.10. The van der Waals surface area contributed by atoms with Crippen molar-refractivity contribution in [2.45, 2.75) is 20.0 Å². The number of ether oxygens (including phenoxy) is 1. The van der Waals surface area contributed by atoms with E-state index in [0.717, 1.165) is 10.0 Å². The van der Waals surface area contributed by atoms with Crippen LogP contribution in [-0.2, 0) is 0 Å². The van der Waals surface area contributed by atoms with Crippen LogP contribution >= 0.6 is 15.9 Å². The second-order valence-electron chi connectivity index (χ2n) is 5.07. The second kappa shape index (κ2) is 7.26. The molecule has 0 aliphatic rings. The molecule has 0 bridgehead atoms. The first kappa shape index (κ1) is 17.7. The van der Waals surface area contributed by atoms with Crippen molar-refractivity contribution >= 4 is 33.8 Å². The number of benzene rings is 1. The van der Waals surface area contributed by atoms with Crippen molar-refractivity contribution in [1.82, 2.24) is 9.97 Å². The molecule has 0 radical (unpaired) electrons. The van der Waals surface area contributed by atoms with E-state index in [1.54, 1.807) is 24.3 Å². The Labute approximate surface area is 145 Å². The van der Waals surface area contributed by atoms with Gasteiger partial charge in [-0.05, 0) is 53.5 Å². The predicted octanol–water partition coefficient (Wildman–Crippen LogP) is 3.10. The van der Waals surface area contributed by atoms with Gasteiger partial charge in [-0.1, -0.05) is 12.1 Å². The summed E-state index contributed by atoms with van der Waals surface area (Å²) in [5, 5.41) is 20.1. The van der Waals surface area contributed by atoms with Crippen molar-refractivity contribution in [3.63, 3.8) is 0 Å². The fourth-order valence-corrected chi connectivity index (χ4v) is 2.35. The number of H-pyrrole nitrogens is 1. The SMILES string of the molecule is CC(C)Oc1ccc(/C=C/c2nc(O)c([N+](=O)[O-])c(=O)[nH]2)cc1Br. The highest BCUT2D eigenvalue weighted by Crippen LogP contribution is 2.27. The van der Waals surface area contributed by atoms with E-state index in [1.807, 2.05) is 13.8 Å². The summed E-state index contributed by atoms with van der Waals surface area (Å²) >= 11 is 3.40. The van der Waals surface area contributed by atoms with Gasteiger partial charge >= 0.3 is 11.2 Å². The molecule has 0 atom stereocenters. The minimum Gasteiger partial charge on any atom is -0.490 e. The average molecular weight is 396 g/mol. The maximum Gasteiger partial charge on any atom is 0.395 e. The molecule has 0 unspecified atom stereocenters. The summed E-state index contributed by atoms with van der Waals surface area (Å²) < 4.78 is 6.36.